The van der Waals surface area contributed by atoms with E-state index in [1.165, 1.54) is 11.1 Å². The Morgan fingerprint density at radius 2 is 2.38 bits per heavy atom. The molecule has 0 unspecified atom stereocenters. The monoisotopic (exact) mass is 217 g/mol. The summed E-state index contributed by atoms with van der Waals surface area (Å²) in [6, 6.07) is 6.38. The Balaban J connectivity index is 2.05. The van der Waals surface area contributed by atoms with E-state index in [0.717, 1.165) is 24.5 Å². The first-order valence-corrected chi connectivity index (χ1v) is 5.63. The van der Waals surface area contributed by atoms with E-state index in [1.54, 1.807) is 7.11 Å². The second kappa shape index (κ2) is 3.83. The Morgan fingerprint density at radius 1 is 1.44 bits per heavy atom. The Labute approximate surface area is 95.1 Å². The first kappa shape index (κ1) is 9.73. The van der Waals surface area contributed by atoms with Crippen molar-refractivity contribution >= 4 is 5.57 Å². The van der Waals surface area contributed by atoms with Gasteiger partial charge in [0.25, 0.3) is 0 Å². The standard InChI is InChI=1S/C13H15NO2/c1-15-9-4-5-11-10-3-2-6-14-12(10)8-16-13(11)7-9/h3-5,7,12,14H,2,6,8H2,1H3/t12-/m0/s1. The van der Waals surface area contributed by atoms with E-state index in [1.807, 2.05) is 12.1 Å². The predicted molar refractivity (Wildman–Crippen MR) is 62.9 cm³/mol. The Kier molecular flexibility index (Phi) is 2.33. The fourth-order valence-corrected chi connectivity index (χ4v) is 2.34. The summed E-state index contributed by atoms with van der Waals surface area (Å²) in [6.07, 6.45) is 3.41. The number of rotatable bonds is 1. The van der Waals surface area contributed by atoms with E-state index in [-0.39, 0.29) is 0 Å². The molecule has 16 heavy (non-hydrogen) atoms. The minimum absolute atomic E-state index is 0.356. The third kappa shape index (κ3) is 1.48. The van der Waals surface area contributed by atoms with Crippen molar-refractivity contribution in [3.8, 4) is 11.5 Å². The number of ether oxygens (including phenoxy) is 2. The highest BCUT2D eigenvalue weighted by atomic mass is 16.5. The molecule has 1 aromatic rings. The van der Waals surface area contributed by atoms with E-state index in [9.17, 15) is 0 Å². The van der Waals surface area contributed by atoms with Crippen LogP contribution in [0.15, 0.2) is 24.3 Å². The third-order valence-electron chi connectivity index (χ3n) is 3.18. The summed E-state index contributed by atoms with van der Waals surface area (Å²) in [7, 11) is 1.68. The normalized spacial score (nSPS) is 22.6. The maximum absolute atomic E-state index is 5.75. The van der Waals surface area contributed by atoms with Gasteiger partial charge in [0.15, 0.2) is 0 Å². The van der Waals surface area contributed by atoms with Crippen molar-refractivity contribution in [2.24, 2.45) is 0 Å². The molecule has 2 heterocycles. The molecule has 3 nitrogen and oxygen atoms in total. The van der Waals surface area contributed by atoms with E-state index in [0.29, 0.717) is 12.6 Å². The number of nitrogens with one attached hydrogen (secondary N) is 1. The van der Waals surface area contributed by atoms with Crippen molar-refractivity contribution in [2.75, 3.05) is 20.3 Å². The number of benzene rings is 1. The molecule has 0 spiro atoms. The van der Waals surface area contributed by atoms with Crippen molar-refractivity contribution in [2.45, 2.75) is 12.5 Å². The van der Waals surface area contributed by atoms with Gasteiger partial charge in [0.1, 0.15) is 18.1 Å². The van der Waals surface area contributed by atoms with Crippen LogP contribution in [-0.2, 0) is 0 Å². The van der Waals surface area contributed by atoms with E-state index < -0.39 is 0 Å². The van der Waals surface area contributed by atoms with E-state index in [4.69, 9.17) is 9.47 Å². The van der Waals surface area contributed by atoms with Crippen molar-refractivity contribution in [3.05, 3.63) is 29.8 Å². The lowest BCUT2D eigenvalue weighted by molar-refractivity contribution is 0.274. The van der Waals surface area contributed by atoms with Gasteiger partial charge in [-0.15, -0.1) is 0 Å². The molecule has 0 radical (unpaired) electrons. The zero-order valence-corrected chi connectivity index (χ0v) is 9.32. The summed E-state index contributed by atoms with van der Waals surface area (Å²) >= 11 is 0. The topological polar surface area (TPSA) is 30.5 Å². The minimum atomic E-state index is 0.356. The number of hydrogen-bond donors (Lipinski definition) is 1. The van der Waals surface area contributed by atoms with Crippen molar-refractivity contribution in [1.82, 2.24) is 5.32 Å². The summed E-state index contributed by atoms with van der Waals surface area (Å²) in [5, 5.41) is 3.47. The minimum Gasteiger partial charge on any atom is -0.497 e. The van der Waals surface area contributed by atoms with Gasteiger partial charge >= 0.3 is 0 Å². The second-order valence-electron chi connectivity index (χ2n) is 4.13. The van der Waals surface area contributed by atoms with Crippen molar-refractivity contribution < 1.29 is 9.47 Å². The zero-order valence-electron chi connectivity index (χ0n) is 9.32. The Hall–Kier alpha value is -1.48. The van der Waals surface area contributed by atoms with Crippen LogP contribution < -0.4 is 14.8 Å². The van der Waals surface area contributed by atoms with Crippen LogP contribution in [0.5, 0.6) is 11.5 Å². The van der Waals surface area contributed by atoms with Crippen molar-refractivity contribution in [3.63, 3.8) is 0 Å². The van der Waals surface area contributed by atoms with Crippen LogP contribution in [0, 0.1) is 0 Å². The summed E-state index contributed by atoms with van der Waals surface area (Å²) in [6.45, 7) is 1.76. The van der Waals surface area contributed by atoms with Gasteiger partial charge in [0.2, 0.25) is 0 Å². The van der Waals surface area contributed by atoms with Gasteiger partial charge in [0, 0.05) is 11.6 Å². The predicted octanol–water partition coefficient (Wildman–Crippen LogP) is 1.83. The van der Waals surface area contributed by atoms with E-state index >= 15 is 0 Å². The van der Waals surface area contributed by atoms with Crippen LogP contribution in [0.3, 0.4) is 0 Å². The molecule has 3 heteroatoms. The highest BCUT2D eigenvalue weighted by molar-refractivity contribution is 5.76. The molecule has 0 aromatic heterocycles. The molecule has 1 N–H and O–H groups in total. The van der Waals surface area contributed by atoms with Crippen LogP contribution in [0.1, 0.15) is 12.0 Å². The molecule has 3 rings (SSSR count). The first-order chi connectivity index (χ1) is 7.88. The second-order valence-corrected chi connectivity index (χ2v) is 4.13. The van der Waals surface area contributed by atoms with Gasteiger partial charge in [-0.2, -0.15) is 0 Å². The quantitative estimate of drug-likeness (QED) is 0.778. The van der Waals surface area contributed by atoms with Crippen LogP contribution in [-0.4, -0.2) is 26.3 Å². The highest BCUT2D eigenvalue weighted by Gasteiger charge is 2.26. The first-order valence-electron chi connectivity index (χ1n) is 5.63. The third-order valence-corrected chi connectivity index (χ3v) is 3.18. The zero-order chi connectivity index (χ0) is 11.0. The molecule has 84 valence electrons. The van der Waals surface area contributed by atoms with Gasteiger partial charge in [-0.25, -0.2) is 0 Å². The Morgan fingerprint density at radius 3 is 3.25 bits per heavy atom. The average Bonchev–Trinajstić information content (AvgIpc) is 2.38. The van der Waals surface area contributed by atoms with Crippen molar-refractivity contribution in [1.29, 1.82) is 0 Å². The molecule has 1 atom stereocenters. The SMILES string of the molecule is COc1ccc2c(c1)OC[C@@H]1NCCC=C21. The average molecular weight is 217 g/mol. The Bertz CT molecular complexity index is 440. The molecule has 1 aromatic carbocycles. The lowest BCUT2D eigenvalue weighted by atomic mass is 9.92. The smallest absolute Gasteiger partial charge is 0.130 e. The number of methoxy groups -OCH3 is 1. The summed E-state index contributed by atoms with van der Waals surface area (Å²) in [4.78, 5) is 0. The fourth-order valence-electron chi connectivity index (χ4n) is 2.34. The summed E-state index contributed by atoms with van der Waals surface area (Å²) < 4.78 is 11.0. The molecule has 2 aliphatic heterocycles. The maximum atomic E-state index is 5.75. The van der Waals surface area contributed by atoms with Crippen LogP contribution >= 0.6 is 0 Å². The number of hydrogen-bond acceptors (Lipinski definition) is 3. The summed E-state index contributed by atoms with van der Waals surface area (Å²) in [5.41, 5.74) is 2.57. The molecule has 0 saturated carbocycles. The fraction of sp³-hybridized carbons (Fsp3) is 0.385. The van der Waals surface area contributed by atoms with Gasteiger partial charge in [-0.3, -0.25) is 0 Å². The molecule has 0 bridgehead atoms. The lowest BCUT2D eigenvalue weighted by Gasteiger charge is -2.31. The van der Waals surface area contributed by atoms with Crippen LogP contribution in [0.25, 0.3) is 5.57 Å². The molecular formula is C13H15NO2. The lowest BCUT2D eigenvalue weighted by Crippen LogP contribution is -2.41. The van der Waals surface area contributed by atoms with E-state index in [2.05, 4.69) is 17.5 Å². The molecular weight excluding hydrogens is 202 g/mol. The van der Waals surface area contributed by atoms with Gasteiger partial charge in [-0.1, -0.05) is 6.08 Å². The molecule has 0 fully saturated rings. The molecule has 0 aliphatic carbocycles. The summed E-state index contributed by atoms with van der Waals surface area (Å²) in [5.74, 6) is 1.78. The molecule has 0 saturated heterocycles. The molecule has 0 amide bonds. The maximum Gasteiger partial charge on any atom is 0.130 e. The largest absolute Gasteiger partial charge is 0.497 e. The highest BCUT2D eigenvalue weighted by Crippen LogP contribution is 2.36. The van der Waals surface area contributed by atoms with Crippen LogP contribution in [0.4, 0.5) is 0 Å². The van der Waals surface area contributed by atoms with Gasteiger partial charge < -0.3 is 14.8 Å². The van der Waals surface area contributed by atoms with Crippen LogP contribution in [0.2, 0.25) is 0 Å². The number of fused-ring (bicyclic) bond motifs is 3. The molecule has 2 aliphatic rings. The van der Waals surface area contributed by atoms with Gasteiger partial charge in [0.05, 0.1) is 13.2 Å². The van der Waals surface area contributed by atoms with Gasteiger partial charge in [-0.05, 0) is 30.7 Å².